The van der Waals surface area contributed by atoms with Gasteiger partial charge in [0.25, 0.3) is 0 Å². The number of aliphatic hydroxyl groups excluding tert-OH is 1. The van der Waals surface area contributed by atoms with Crippen LogP contribution in [0.5, 0.6) is 5.75 Å². The van der Waals surface area contributed by atoms with Crippen LogP contribution in [0.4, 0.5) is 0 Å². The Balaban J connectivity index is 1.77. The Morgan fingerprint density at radius 1 is 1.19 bits per heavy atom. The summed E-state index contributed by atoms with van der Waals surface area (Å²) in [6, 6.07) is 7.92. The molecule has 1 heterocycles. The average molecular weight is 379 g/mol. The highest BCUT2D eigenvalue weighted by Crippen LogP contribution is 2.34. The van der Waals surface area contributed by atoms with Crippen molar-refractivity contribution >= 4 is 0 Å². The van der Waals surface area contributed by atoms with Gasteiger partial charge in [-0.1, -0.05) is 31.2 Å². The molecule has 1 saturated heterocycles. The molecule has 1 unspecified atom stereocenters. The first-order chi connectivity index (χ1) is 12.8. The maximum absolute atomic E-state index is 9.25. The van der Waals surface area contributed by atoms with Crippen molar-refractivity contribution in [2.45, 2.75) is 71.2 Å². The predicted molar refractivity (Wildman–Crippen MR) is 106 cm³/mol. The molecule has 27 heavy (non-hydrogen) atoms. The second-order valence-electron chi connectivity index (χ2n) is 7.64. The number of ether oxygens (including phenoxy) is 4. The summed E-state index contributed by atoms with van der Waals surface area (Å²) in [6.45, 7) is 8.73. The average Bonchev–Trinajstić information content (AvgIpc) is 2.95. The molecule has 1 N–H and O–H groups in total. The van der Waals surface area contributed by atoms with Crippen molar-refractivity contribution in [3.05, 3.63) is 42.0 Å². The molecule has 0 radical (unpaired) electrons. The molecule has 1 aromatic carbocycles. The minimum atomic E-state index is -0.596. The first-order valence-electron chi connectivity index (χ1n) is 9.72. The van der Waals surface area contributed by atoms with Crippen molar-refractivity contribution in [1.29, 1.82) is 0 Å². The van der Waals surface area contributed by atoms with E-state index in [1.165, 1.54) is 0 Å². The van der Waals surface area contributed by atoms with E-state index in [1.54, 1.807) is 7.11 Å². The third kappa shape index (κ3) is 6.92. The topological polar surface area (TPSA) is 57.2 Å². The fourth-order valence-corrected chi connectivity index (χ4v) is 3.28. The number of benzene rings is 1. The summed E-state index contributed by atoms with van der Waals surface area (Å²) in [4.78, 5) is 0. The second kappa shape index (κ2) is 10.2. The van der Waals surface area contributed by atoms with Crippen molar-refractivity contribution in [3.8, 4) is 5.75 Å². The van der Waals surface area contributed by atoms with Gasteiger partial charge in [0.2, 0.25) is 0 Å². The molecule has 2 rings (SSSR count). The molecule has 5 heteroatoms. The molecule has 1 aromatic rings. The van der Waals surface area contributed by atoms with E-state index in [-0.39, 0.29) is 30.8 Å². The fraction of sp³-hybridized carbons (Fsp3) is 0.636. The Hall–Kier alpha value is -1.40. The molecule has 0 spiro atoms. The van der Waals surface area contributed by atoms with Crippen LogP contribution in [0.2, 0.25) is 0 Å². The summed E-state index contributed by atoms with van der Waals surface area (Å²) in [5.74, 6) is 0.461. The normalized spacial score (nSPS) is 24.2. The van der Waals surface area contributed by atoms with E-state index in [2.05, 4.69) is 26.0 Å². The van der Waals surface area contributed by atoms with Gasteiger partial charge >= 0.3 is 0 Å². The van der Waals surface area contributed by atoms with Crippen LogP contribution in [0.15, 0.2) is 36.4 Å². The van der Waals surface area contributed by atoms with Crippen LogP contribution in [0.1, 0.15) is 46.1 Å². The monoisotopic (exact) mass is 378 g/mol. The van der Waals surface area contributed by atoms with Crippen molar-refractivity contribution in [2.24, 2.45) is 5.92 Å². The Labute approximate surface area is 163 Å². The van der Waals surface area contributed by atoms with Gasteiger partial charge in [-0.05, 0) is 51.3 Å². The lowest BCUT2D eigenvalue weighted by molar-refractivity contribution is -0.149. The van der Waals surface area contributed by atoms with E-state index >= 15 is 0 Å². The lowest BCUT2D eigenvalue weighted by atomic mass is 9.97. The Morgan fingerprint density at radius 2 is 1.89 bits per heavy atom. The summed E-state index contributed by atoms with van der Waals surface area (Å²) in [5.41, 5.74) is 1.13. The van der Waals surface area contributed by atoms with Gasteiger partial charge in [0.15, 0.2) is 5.79 Å². The Morgan fingerprint density at radius 3 is 2.52 bits per heavy atom. The van der Waals surface area contributed by atoms with Crippen LogP contribution >= 0.6 is 0 Å². The quantitative estimate of drug-likeness (QED) is 0.622. The minimum absolute atomic E-state index is 0.0427. The van der Waals surface area contributed by atoms with Gasteiger partial charge in [-0.2, -0.15) is 0 Å². The first kappa shape index (κ1) is 21.9. The summed E-state index contributed by atoms with van der Waals surface area (Å²) in [5, 5.41) is 9.25. The molecule has 1 aliphatic heterocycles. The van der Waals surface area contributed by atoms with Gasteiger partial charge in [-0.15, -0.1) is 0 Å². The summed E-state index contributed by atoms with van der Waals surface area (Å²) < 4.78 is 23.0. The zero-order valence-corrected chi connectivity index (χ0v) is 17.2. The fourth-order valence-electron chi connectivity index (χ4n) is 3.28. The number of aliphatic hydroxyl groups is 1. The van der Waals surface area contributed by atoms with Crippen molar-refractivity contribution in [1.82, 2.24) is 0 Å². The third-order valence-electron chi connectivity index (χ3n) is 4.75. The molecule has 0 bridgehead atoms. The number of rotatable bonds is 10. The van der Waals surface area contributed by atoms with E-state index < -0.39 is 5.79 Å². The standard InChI is InChI=1S/C22H34O5/c1-16(21-20(13-14-23)26-22(3,4)27-21)7-6-8-17(2)25-15-18-9-11-19(24-5)12-10-18/h6-7,9-12,16-17,20-21,23H,8,13-15H2,1-5H3/b7-6-/t16?,17-,20-,21-/m1/s1. The van der Waals surface area contributed by atoms with Gasteiger partial charge in [0, 0.05) is 12.5 Å². The van der Waals surface area contributed by atoms with Crippen molar-refractivity contribution in [2.75, 3.05) is 13.7 Å². The summed E-state index contributed by atoms with van der Waals surface area (Å²) in [7, 11) is 1.66. The zero-order chi connectivity index (χ0) is 19.9. The highest BCUT2D eigenvalue weighted by molar-refractivity contribution is 5.26. The third-order valence-corrected chi connectivity index (χ3v) is 4.75. The van der Waals surface area contributed by atoms with Crippen LogP contribution in [0.3, 0.4) is 0 Å². The summed E-state index contributed by atoms with van der Waals surface area (Å²) >= 11 is 0. The zero-order valence-electron chi connectivity index (χ0n) is 17.2. The van der Waals surface area contributed by atoms with Crippen LogP contribution in [0, 0.1) is 5.92 Å². The van der Waals surface area contributed by atoms with Crippen molar-refractivity contribution in [3.63, 3.8) is 0 Å². The van der Waals surface area contributed by atoms with Crippen LogP contribution in [-0.2, 0) is 20.8 Å². The molecule has 5 nitrogen and oxygen atoms in total. The molecule has 0 amide bonds. The molecule has 0 saturated carbocycles. The minimum Gasteiger partial charge on any atom is -0.497 e. The van der Waals surface area contributed by atoms with Crippen LogP contribution in [0.25, 0.3) is 0 Å². The van der Waals surface area contributed by atoms with Gasteiger partial charge in [0.05, 0.1) is 32.0 Å². The number of methoxy groups -OCH3 is 1. The molecule has 0 aromatic heterocycles. The molecule has 4 atom stereocenters. The van der Waals surface area contributed by atoms with Gasteiger partial charge in [-0.25, -0.2) is 0 Å². The molecule has 152 valence electrons. The maximum atomic E-state index is 9.25. The molecule has 0 aliphatic carbocycles. The highest BCUT2D eigenvalue weighted by atomic mass is 16.8. The number of hydrogen-bond acceptors (Lipinski definition) is 5. The van der Waals surface area contributed by atoms with Crippen LogP contribution in [-0.4, -0.2) is 42.9 Å². The molecular weight excluding hydrogens is 344 g/mol. The van der Waals surface area contributed by atoms with E-state index in [4.69, 9.17) is 18.9 Å². The second-order valence-corrected chi connectivity index (χ2v) is 7.64. The van der Waals surface area contributed by atoms with E-state index in [0.717, 1.165) is 17.7 Å². The lowest BCUT2D eigenvalue weighted by Crippen LogP contribution is -2.29. The van der Waals surface area contributed by atoms with E-state index in [9.17, 15) is 5.11 Å². The van der Waals surface area contributed by atoms with E-state index in [0.29, 0.717) is 13.0 Å². The van der Waals surface area contributed by atoms with E-state index in [1.807, 2.05) is 38.1 Å². The Kier molecular flexibility index (Phi) is 8.29. The first-order valence-corrected chi connectivity index (χ1v) is 9.72. The number of hydrogen-bond donors (Lipinski definition) is 1. The van der Waals surface area contributed by atoms with Gasteiger partial charge in [0.1, 0.15) is 5.75 Å². The lowest BCUT2D eigenvalue weighted by Gasteiger charge is -2.21. The van der Waals surface area contributed by atoms with Gasteiger partial charge in [-0.3, -0.25) is 0 Å². The van der Waals surface area contributed by atoms with Crippen LogP contribution < -0.4 is 4.74 Å². The molecule has 1 aliphatic rings. The van der Waals surface area contributed by atoms with Crippen molar-refractivity contribution < 1.29 is 24.1 Å². The smallest absolute Gasteiger partial charge is 0.163 e. The Bertz CT molecular complexity index is 581. The molecular formula is C22H34O5. The maximum Gasteiger partial charge on any atom is 0.163 e. The highest BCUT2D eigenvalue weighted by Gasteiger charge is 2.42. The van der Waals surface area contributed by atoms with Gasteiger partial charge < -0.3 is 24.1 Å². The largest absolute Gasteiger partial charge is 0.497 e. The predicted octanol–water partition coefficient (Wildman–Crippen LogP) is 4.09. The SMILES string of the molecule is COc1ccc(CO[C@H](C)C/C=C\C(C)[C@H]2OC(C)(C)O[C@@H]2CCO)cc1. The molecule has 1 fully saturated rings. The summed E-state index contributed by atoms with van der Waals surface area (Å²) in [6.07, 6.45) is 5.74.